The second-order valence-electron chi connectivity index (χ2n) is 4.73. The molecule has 0 spiro atoms. The topological polar surface area (TPSA) is 66.9 Å². The molecule has 1 aliphatic rings. The molecule has 0 bridgehead atoms. The van der Waals surface area contributed by atoms with Crippen LogP contribution in [0.3, 0.4) is 0 Å². The summed E-state index contributed by atoms with van der Waals surface area (Å²) in [4.78, 5) is 22.0. The Kier molecular flexibility index (Phi) is 3.64. The van der Waals surface area contributed by atoms with Gasteiger partial charge < -0.3 is 5.32 Å². The standard InChI is InChI=1S/C14H16N4OS/c1-15-9-6-7-11(16-8-9)13(19)18-14-17-10-4-2-3-5-12(10)20-14/h6-8,15H,2-5H2,1H3,(H,17,18,19). The van der Waals surface area contributed by atoms with Gasteiger partial charge in [-0.25, -0.2) is 9.97 Å². The van der Waals surface area contributed by atoms with Crippen molar-refractivity contribution in [3.8, 4) is 0 Å². The number of amides is 1. The molecule has 3 rings (SSSR count). The molecule has 0 atom stereocenters. The Labute approximate surface area is 121 Å². The maximum Gasteiger partial charge on any atom is 0.276 e. The Morgan fingerprint density at radius 2 is 2.15 bits per heavy atom. The number of aromatic nitrogens is 2. The van der Waals surface area contributed by atoms with Crippen LogP contribution in [0.4, 0.5) is 10.8 Å². The van der Waals surface area contributed by atoms with E-state index in [1.54, 1.807) is 23.6 Å². The fourth-order valence-corrected chi connectivity index (χ4v) is 3.29. The van der Waals surface area contributed by atoms with Gasteiger partial charge in [0, 0.05) is 11.9 Å². The Bertz CT molecular complexity index is 597. The highest BCUT2D eigenvalue weighted by atomic mass is 32.1. The zero-order valence-corrected chi connectivity index (χ0v) is 12.1. The van der Waals surface area contributed by atoms with E-state index in [9.17, 15) is 4.79 Å². The number of anilines is 2. The molecule has 5 nitrogen and oxygen atoms in total. The van der Waals surface area contributed by atoms with Crippen LogP contribution in [0.25, 0.3) is 0 Å². The lowest BCUT2D eigenvalue weighted by molar-refractivity contribution is 0.102. The monoisotopic (exact) mass is 288 g/mol. The fourth-order valence-electron chi connectivity index (χ4n) is 2.24. The molecule has 104 valence electrons. The Morgan fingerprint density at radius 1 is 1.30 bits per heavy atom. The molecular formula is C14H16N4OS. The van der Waals surface area contributed by atoms with E-state index in [0.717, 1.165) is 24.2 Å². The van der Waals surface area contributed by atoms with Gasteiger partial charge >= 0.3 is 0 Å². The van der Waals surface area contributed by atoms with Crippen molar-refractivity contribution in [2.24, 2.45) is 0 Å². The van der Waals surface area contributed by atoms with Gasteiger partial charge in [-0.3, -0.25) is 10.1 Å². The first-order valence-corrected chi connectivity index (χ1v) is 7.51. The number of hydrogen-bond donors (Lipinski definition) is 2. The molecule has 2 heterocycles. The predicted molar refractivity (Wildman–Crippen MR) is 80.5 cm³/mol. The highest BCUT2D eigenvalue weighted by molar-refractivity contribution is 7.15. The van der Waals surface area contributed by atoms with Gasteiger partial charge in [0.2, 0.25) is 0 Å². The molecule has 20 heavy (non-hydrogen) atoms. The lowest BCUT2D eigenvalue weighted by Crippen LogP contribution is -2.13. The van der Waals surface area contributed by atoms with Gasteiger partial charge in [-0.05, 0) is 37.8 Å². The Hall–Kier alpha value is -1.95. The minimum atomic E-state index is -0.209. The summed E-state index contributed by atoms with van der Waals surface area (Å²) < 4.78 is 0. The number of rotatable bonds is 3. The second-order valence-corrected chi connectivity index (χ2v) is 5.82. The van der Waals surface area contributed by atoms with E-state index in [1.165, 1.54) is 17.7 Å². The maximum atomic E-state index is 12.1. The van der Waals surface area contributed by atoms with Crippen LogP contribution in [0.1, 0.15) is 33.9 Å². The third-order valence-corrected chi connectivity index (χ3v) is 4.42. The van der Waals surface area contributed by atoms with Crippen molar-refractivity contribution in [2.75, 3.05) is 17.7 Å². The van der Waals surface area contributed by atoms with E-state index < -0.39 is 0 Å². The Morgan fingerprint density at radius 3 is 2.85 bits per heavy atom. The largest absolute Gasteiger partial charge is 0.387 e. The summed E-state index contributed by atoms with van der Waals surface area (Å²) in [7, 11) is 1.82. The number of carbonyl (C=O) groups is 1. The summed E-state index contributed by atoms with van der Waals surface area (Å²) in [6.45, 7) is 0. The van der Waals surface area contributed by atoms with Crippen LogP contribution in [-0.2, 0) is 12.8 Å². The smallest absolute Gasteiger partial charge is 0.276 e. The highest BCUT2D eigenvalue weighted by Crippen LogP contribution is 2.29. The minimum absolute atomic E-state index is 0.209. The molecule has 1 amide bonds. The number of carbonyl (C=O) groups excluding carboxylic acids is 1. The van der Waals surface area contributed by atoms with Crippen LogP contribution in [-0.4, -0.2) is 22.9 Å². The van der Waals surface area contributed by atoms with Crippen molar-refractivity contribution in [3.63, 3.8) is 0 Å². The molecule has 0 aliphatic heterocycles. The van der Waals surface area contributed by atoms with Gasteiger partial charge in [0.1, 0.15) is 5.69 Å². The highest BCUT2D eigenvalue weighted by Gasteiger charge is 2.17. The molecule has 2 N–H and O–H groups in total. The number of pyridine rings is 1. The van der Waals surface area contributed by atoms with Gasteiger partial charge in [0.25, 0.3) is 5.91 Å². The minimum Gasteiger partial charge on any atom is -0.387 e. The van der Waals surface area contributed by atoms with Crippen molar-refractivity contribution < 1.29 is 4.79 Å². The lowest BCUT2D eigenvalue weighted by Gasteiger charge is -2.06. The molecule has 0 aromatic carbocycles. The third kappa shape index (κ3) is 2.65. The van der Waals surface area contributed by atoms with Crippen molar-refractivity contribution in [2.45, 2.75) is 25.7 Å². The van der Waals surface area contributed by atoms with Crippen molar-refractivity contribution in [3.05, 3.63) is 34.6 Å². The van der Waals surface area contributed by atoms with Gasteiger partial charge in [-0.2, -0.15) is 0 Å². The summed E-state index contributed by atoms with van der Waals surface area (Å²) in [5, 5.41) is 6.49. The number of nitrogens with zero attached hydrogens (tertiary/aromatic N) is 2. The fraction of sp³-hybridized carbons (Fsp3) is 0.357. The molecule has 0 radical (unpaired) electrons. The van der Waals surface area contributed by atoms with Crippen LogP contribution in [0.2, 0.25) is 0 Å². The van der Waals surface area contributed by atoms with Gasteiger partial charge in [-0.1, -0.05) is 0 Å². The third-order valence-electron chi connectivity index (χ3n) is 3.35. The molecule has 1 aliphatic carbocycles. The molecule has 2 aromatic heterocycles. The molecule has 0 saturated heterocycles. The van der Waals surface area contributed by atoms with E-state index in [4.69, 9.17) is 0 Å². The zero-order valence-electron chi connectivity index (χ0n) is 11.3. The van der Waals surface area contributed by atoms with Gasteiger partial charge in [0.05, 0.1) is 17.6 Å². The van der Waals surface area contributed by atoms with E-state index >= 15 is 0 Å². The van der Waals surface area contributed by atoms with Crippen LogP contribution < -0.4 is 10.6 Å². The van der Waals surface area contributed by atoms with E-state index in [1.807, 2.05) is 13.1 Å². The quantitative estimate of drug-likeness (QED) is 0.911. The molecule has 2 aromatic rings. The summed E-state index contributed by atoms with van der Waals surface area (Å²) in [6.07, 6.45) is 6.16. The van der Waals surface area contributed by atoms with Crippen LogP contribution in [0.5, 0.6) is 0 Å². The second kappa shape index (κ2) is 5.58. The number of thiazole rings is 1. The van der Waals surface area contributed by atoms with Crippen molar-refractivity contribution >= 4 is 28.1 Å². The molecule has 6 heteroatoms. The summed E-state index contributed by atoms with van der Waals surface area (Å²) in [6, 6.07) is 3.53. The van der Waals surface area contributed by atoms with E-state index in [2.05, 4.69) is 20.6 Å². The maximum absolute atomic E-state index is 12.1. The van der Waals surface area contributed by atoms with Crippen LogP contribution >= 0.6 is 11.3 Å². The molecule has 0 saturated carbocycles. The zero-order chi connectivity index (χ0) is 13.9. The number of aryl methyl sites for hydroxylation is 2. The predicted octanol–water partition coefficient (Wildman–Crippen LogP) is 2.71. The molecule has 0 unspecified atom stereocenters. The van der Waals surface area contributed by atoms with Crippen LogP contribution in [0, 0.1) is 0 Å². The lowest BCUT2D eigenvalue weighted by atomic mass is 10.0. The van der Waals surface area contributed by atoms with E-state index in [-0.39, 0.29) is 5.91 Å². The number of nitrogens with one attached hydrogen (secondary N) is 2. The average Bonchev–Trinajstić information content (AvgIpc) is 2.89. The summed E-state index contributed by atoms with van der Waals surface area (Å²) in [5.41, 5.74) is 2.43. The van der Waals surface area contributed by atoms with E-state index in [0.29, 0.717) is 10.8 Å². The van der Waals surface area contributed by atoms with Gasteiger partial charge in [-0.15, -0.1) is 11.3 Å². The average molecular weight is 288 g/mol. The molecular weight excluding hydrogens is 272 g/mol. The first-order chi connectivity index (χ1) is 9.76. The number of hydrogen-bond acceptors (Lipinski definition) is 5. The Balaban J connectivity index is 1.73. The SMILES string of the molecule is CNc1ccc(C(=O)Nc2nc3c(s2)CCCC3)nc1. The first-order valence-electron chi connectivity index (χ1n) is 6.70. The number of fused-ring (bicyclic) bond motifs is 1. The summed E-state index contributed by atoms with van der Waals surface area (Å²) in [5.74, 6) is -0.209. The first kappa shape index (κ1) is 13.1. The van der Waals surface area contributed by atoms with Crippen LogP contribution in [0.15, 0.2) is 18.3 Å². The van der Waals surface area contributed by atoms with Gasteiger partial charge in [0.15, 0.2) is 5.13 Å². The normalized spacial score (nSPS) is 13.7. The van der Waals surface area contributed by atoms with Crippen molar-refractivity contribution in [1.82, 2.24) is 9.97 Å². The summed E-state index contributed by atoms with van der Waals surface area (Å²) >= 11 is 1.58. The van der Waals surface area contributed by atoms with Crippen molar-refractivity contribution in [1.29, 1.82) is 0 Å². The molecule has 0 fully saturated rings.